The van der Waals surface area contributed by atoms with Gasteiger partial charge < -0.3 is 14.4 Å². The summed E-state index contributed by atoms with van der Waals surface area (Å²) >= 11 is 0. The molecule has 0 amide bonds. The summed E-state index contributed by atoms with van der Waals surface area (Å²) in [6.07, 6.45) is 3.30. The minimum Gasteiger partial charge on any atom is -0.493 e. The number of hydrogen-bond donors (Lipinski definition) is 0. The third-order valence-electron chi connectivity index (χ3n) is 6.86. The molecule has 5 nitrogen and oxygen atoms in total. The standard InChI is InChI=1S/C22H27NO4/c1-12-6-7-15-13(2)20-16-10-18(26-5)17(25)11-22(16,8-9-23(20)4)19(15)21(12)27-14(3)24/h6-7,10,13,16,20H,8-9,11H2,1-5H3/t13-,16?,20+,22-/m1/s1. The fourth-order valence-electron chi connectivity index (χ4n) is 5.70. The number of carbonyl (C=O) groups is 2. The number of likely N-dealkylation sites (N-methyl/N-ethyl adjacent to an activating group) is 1. The van der Waals surface area contributed by atoms with Crippen LogP contribution in [0.1, 0.15) is 49.3 Å². The Kier molecular flexibility index (Phi) is 4.18. The molecule has 1 aromatic rings. The smallest absolute Gasteiger partial charge is 0.308 e. The highest BCUT2D eigenvalue weighted by Crippen LogP contribution is 2.59. The zero-order valence-corrected chi connectivity index (χ0v) is 16.7. The van der Waals surface area contributed by atoms with Gasteiger partial charge in [0.25, 0.3) is 0 Å². The normalized spacial score (nSPS) is 32.3. The largest absolute Gasteiger partial charge is 0.493 e. The van der Waals surface area contributed by atoms with Gasteiger partial charge in [-0.3, -0.25) is 9.59 Å². The van der Waals surface area contributed by atoms with E-state index in [1.165, 1.54) is 12.5 Å². The van der Waals surface area contributed by atoms with E-state index in [1.807, 2.05) is 19.1 Å². The van der Waals surface area contributed by atoms with E-state index in [0.717, 1.165) is 24.1 Å². The second kappa shape index (κ2) is 6.20. The highest BCUT2D eigenvalue weighted by Gasteiger charge is 2.58. The van der Waals surface area contributed by atoms with Gasteiger partial charge in [0.15, 0.2) is 11.5 Å². The Labute approximate surface area is 160 Å². The SMILES string of the molecule is COC1=CC2[C@@H]3[C@H](C)c4ccc(C)c(OC(C)=O)c4[C@]2(CCN3C)CC1=O. The number of benzene rings is 1. The molecule has 144 valence electrons. The first kappa shape index (κ1) is 18.2. The number of ether oxygens (including phenoxy) is 2. The van der Waals surface area contributed by atoms with Crippen LogP contribution in [0, 0.1) is 12.8 Å². The molecular formula is C22H27NO4. The Morgan fingerprint density at radius 2 is 2.07 bits per heavy atom. The van der Waals surface area contributed by atoms with Crippen molar-refractivity contribution in [2.45, 2.75) is 51.0 Å². The number of hydrogen-bond acceptors (Lipinski definition) is 5. The van der Waals surface area contributed by atoms with Gasteiger partial charge >= 0.3 is 5.97 Å². The Hall–Kier alpha value is -2.14. The van der Waals surface area contributed by atoms with E-state index in [-0.39, 0.29) is 35.0 Å². The number of ketones is 1. The molecule has 4 rings (SSSR count). The second-order valence-corrected chi connectivity index (χ2v) is 8.30. The lowest BCUT2D eigenvalue weighted by Gasteiger charge is -2.58. The molecule has 1 unspecified atom stereocenters. The molecule has 0 saturated carbocycles. The van der Waals surface area contributed by atoms with Gasteiger partial charge in [0.1, 0.15) is 5.75 Å². The van der Waals surface area contributed by atoms with Gasteiger partial charge in [-0.15, -0.1) is 0 Å². The Bertz CT molecular complexity index is 858. The fourth-order valence-corrected chi connectivity index (χ4v) is 5.70. The predicted molar refractivity (Wildman–Crippen MR) is 102 cm³/mol. The lowest BCUT2D eigenvalue weighted by atomic mass is 9.51. The molecule has 0 N–H and O–H groups in total. The average molecular weight is 369 g/mol. The van der Waals surface area contributed by atoms with Crippen LogP contribution in [0.5, 0.6) is 5.75 Å². The van der Waals surface area contributed by atoms with Crippen LogP contribution in [0.3, 0.4) is 0 Å². The monoisotopic (exact) mass is 369 g/mol. The van der Waals surface area contributed by atoms with Crippen molar-refractivity contribution in [3.05, 3.63) is 40.7 Å². The van der Waals surface area contributed by atoms with Crippen molar-refractivity contribution in [3.63, 3.8) is 0 Å². The third kappa shape index (κ3) is 2.48. The van der Waals surface area contributed by atoms with Crippen LogP contribution in [0.4, 0.5) is 0 Å². The molecule has 3 aliphatic rings. The van der Waals surface area contributed by atoms with Crippen LogP contribution in [0.15, 0.2) is 24.0 Å². The molecule has 1 heterocycles. The van der Waals surface area contributed by atoms with Crippen molar-refractivity contribution in [2.75, 3.05) is 20.7 Å². The maximum Gasteiger partial charge on any atom is 0.308 e. The molecule has 1 aromatic carbocycles. The molecule has 1 saturated heterocycles. The minimum atomic E-state index is -0.338. The molecule has 1 aliphatic heterocycles. The van der Waals surface area contributed by atoms with Crippen molar-refractivity contribution in [1.82, 2.24) is 4.90 Å². The van der Waals surface area contributed by atoms with Crippen LogP contribution in [-0.4, -0.2) is 43.4 Å². The molecular weight excluding hydrogens is 342 g/mol. The van der Waals surface area contributed by atoms with Crippen molar-refractivity contribution >= 4 is 11.8 Å². The number of allylic oxidation sites excluding steroid dienone is 1. The third-order valence-corrected chi connectivity index (χ3v) is 6.86. The fraction of sp³-hybridized carbons (Fsp3) is 0.545. The van der Waals surface area contributed by atoms with E-state index in [1.54, 1.807) is 7.11 Å². The molecule has 4 atom stereocenters. The van der Waals surface area contributed by atoms with Crippen molar-refractivity contribution in [1.29, 1.82) is 0 Å². The lowest BCUT2D eigenvalue weighted by molar-refractivity contribution is -0.132. The predicted octanol–water partition coefficient (Wildman–Crippen LogP) is 3.10. The molecule has 0 radical (unpaired) electrons. The molecule has 27 heavy (non-hydrogen) atoms. The summed E-state index contributed by atoms with van der Waals surface area (Å²) in [6, 6.07) is 4.48. The summed E-state index contributed by atoms with van der Waals surface area (Å²) in [5.41, 5.74) is 2.87. The van der Waals surface area contributed by atoms with Crippen molar-refractivity contribution < 1.29 is 19.1 Å². The van der Waals surface area contributed by atoms with Crippen LogP contribution in [-0.2, 0) is 19.7 Å². The molecule has 0 aromatic heterocycles. The number of likely N-dealkylation sites (tertiary alicyclic amines) is 1. The summed E-state index contributed by atoms with van der Waals surface area (Å²) in [4.78, 5) is 27.1. The summed E-state index contributed by atoms with van der Waals surface area (Å²) < 4.78 is 11.1. The van der Waals surface area contributed by atoms with Crippen molar-refractivity contribution in [3.8, 4) is 5.75 Å². The number of rotatable bonds is 2. The summed E-state index contributed by atoms with van der Waals surface area (Å²) in [6.45, 7) is 6.56. The second-order valence-electron chi connectivity index (χ2n) is 8.30. The molecule has 5 heteroatoms. The van der Waals surface area contributed by atoms with Gasteiger partial charge in [-0.05, 0) is 50.1 Å². The highest BCUT2D eigenvalue weighted by atomic mass is 16.5. The lowest BCUT2D eigenvalue weighted by Crippen LogP contribution is -2.61. The van der Waals surface area contributed by atoms with Gasteiger partial charge in [-0.25, -0.2) is 0 Å². The Morgan fingerprint density at radius 3 is 2.74 bits per heavy atom. The van der Waals surface area contributed by atoms with E-state index >= 15 is 0 Å². The summed E-state index contributed by atoms with van der Waals surface area (Å²) in [7, 11) is 3.73. The zero-order chi connectivity index (χ0) is 19.5. The highest BCUT2D eigenvalue weighted by molar-refractivity contribution is 5.96. The zero-order valence-electron chi connectivity index (χ0n) is 16.7. The number of Topliss-reactive ketones (excluding diaryl/α,β-unsaturated/α-hetero) is 1. The van der Waals surface area contributed by atoms with E-state index in [4.69, 9.17) is 9.47 Å². The number of methoxy groups -OCH3 is 1. The topological polar surface area (TPSA) is 55.8 Å². The van der Waals surface area contributed by atoms with Gasteiger partial charge in [0.2, 0.25) is 0 Å². The van der Waals surface area contributed by atoms with E-state index in [9.17, 15) is 9.59 Å². The maximum atomic E-state index is 12.9. The maximum absolute atomic E-state index is 12.9. The van der Waals surface area contributed by atoms with Crippen LogP contribution >= 0.6 is 0 Å². The number of aryl methyl sites for hydroxylation is 1. The molecule has 2 bridgehead atoms. The minimum absolute atomic E-state index is 0.0350. The van der Waals surface area contributed by atoms with Crippen molar-refractivity contribution in [2.24, 2.45) is 5.92 Å². The van der Waals surface area contributed by atoms with Gasteiger partial charge in [-0.1, -0.05) is 19.1 Å². The number of carbonyl (C=O) groups excluding carboxylic acids is 2. The van der Waals surface area contributed by atoms with E-state index in [0.29, 0.717) is 17.9 Å². The number of piperidine rings is 1. The Balaban J connectivity index is 2.02. The molecule has 2 aliphatic carbocycles. The van der Waals surface area contributed by atoms with Crippen LogP contribution < -0.4 is 4.74 Å². The van der Waals surface area contributed by atoms with Crippen LogP contribution in [0.25, 0.3) is 0 Å². The summed E-state index contributed by atoms with van der Waals surface area (Å²) in [5.74, 6) is 1.25. The quantitative estimate of drug-likeness (QED) is 0.592. The van der Waals surface area contributed by atoms with Gasteiger partial charge in [0.05, 0.1) is 7.11 Å². The van der Waals surface area contributed by atoms with E-state index in [2.05, 4.69) is 24.9 Å². The van der Waals surface area contributed by atoms with Crippen LogP contribution in [0.2, 0.25) is 0 Å². The number of fused-ring (bicyclic) bond motifs is 1. The number of esters is 1. The average Bonchev–Trinajstić information content (AvgIpc) is 2.61. The first-order valence-electron chi connectivity index (χ1n) is 9.62. The number of nitrogens with zero attached hydrogens (tertiary/aromatic N) is 1. The first-order chi connectivity index (χ1) is 12.8. The van der Waals surface area contributed by atoms with E-state index < -0.39 is 0 Å². The first-order valence-corrected chi connectivity index (χ1v) is 9.62. The van der Waals surface area contributed by atoms with Gasteiger partial charge in [-0.2, -0.15) is 0 Å². The molecule has 1 fully saturated rings. The van der Waals surface area contributed by atoms with Gasteiger partial charge in [0, 0.05) is 36.3 Å². The molecule has 0 spiro atoms. The Morgan fingerprint density at radius 1 is 1.33 bits per heavy atom. The summed E-state index contributed by atoms with van der Waals surface area (Å²) in [5, 5.41) is 0.